The van der Waals surface area contributed by atoms with E-state index in [2.05, 4.69) is 15.6 Å². The van der Waals surface area contributed by atoms with Gasteiger partial charge in [0.15, 0.2) is 0 Å². The second-order valence-electron chi connectivity index (χ2n) is 4.40. The Morgan fingerprint density at radius 2 is 2.05 bits per heavy atom. The van der Waals surface area contributed by atoms with Gasteiger partial charge >= 0.3 is 6.03 Å². The van der Waals surface area contributed by atoms with Crippen molar-refractivity contribution >= 4 is 6.03 Å². The van der Waals surface area contributed by atoms with Crippen molar-refractivity contribution in [2.75, 3.05) is 6.54 Å². The number of benzene rings is 1. The van der Waals surface area contributed by atoms with Crippen molar-refractivity contribution in [2.45, 2.75) is 20.0 Å². The van der Waals surface area contributed by atoms with Crippen molar-refractivity contribution in [1.29, 1.82) is 0 Å². The fourth-order valence-corrected chi connectivity index (χ4v) is 1.78. The summed E-state index contributed by atoms with van der Waals surface area (Å²) in [5.74, 6) is 0.632. The lowest BCUT2D eigenvalue weighted by molar-refractivity contribution is 0.240. The van der Waals surface area contributed by atoms with E-state index >= 15 is 0 Å². The highest BCUT2D eigenvalue weighted by molar-refractivity contribution is 5.73. The summed E-state index contributed by atoms with van der Waals surface area (Å²) >= 11 is 0. The summed E-state index contributed by atoms with van der Waals surface area (Å²) in [6, 6.07) is 5.79. The van der Waals surface area contributed by atoms with Gasteiger partial charge in [-0.2, -0.15) is 0 Å². The molecule has 2 aromatic rings. The maximum Gasteiger partial charge on any atom is 0.315 e. The van der Waals surface area contributed by atoms with Crippen LogP contribution in [0.2, 0.25) is 0 Å². The highest BCUT2D eigenvalue weighted by Gasteiger charge is 2.01. The van der Waals surface area contributed by atoms with Crippen LogP contribution in [0.5, 0.6) is 0 Å². The Bertz CT molecular complexity index is 565. The molecule has 1 heterocycles. The SMILES string of the molecule is Cc1nccn1CCNC(=O)NCc1ccc(F)cc1. The molecule has 1 aromatic heterocycles. The van der Waals surface area contributed by atoms with Crippen LogP contribution < -0.4 is 10.6 Å². The smallest absolute Gasteiger partial charge is 0.315 e. The molecule has 106 valence electrons. The molecule has 0 saturated heterocycles. The minimum absolute atomic E-state index is 0.243. The number of rotatable bonds is 5. The number of amides is 2. The van der Waals surface area contributed by atoms with E-state index in [4.69, 9.17) is 0 Å². The van der Waals surface area contributed by atoms with Gasteiger partial charge in [-0.05, 0) is 24.6 Å². The van der Waals surface area contributed by atoms with Crippen LogP contribution in [0.1, 0.15) is 11.4 Å². The summed E-state index contributed by atoms with van der Waals surface area (Å²) in [7, 11) is 0. The maximum atomic E-state index is 12.7. The van der Waals surface area contributed by atoms with E-state index in [1.165, 1.54) is 12.1 Å². The van der Waals surface area contributed by atoms with Gasteiger partial charge in [-0.1, -0.05) is 12.1 Å². The molecule has 20 heavy (non-hydrogen) atoms. The van der Waals surface area contributed by atoms with Crippen LogP contribution in [0.15, 0.2) is 36.7 Å². The van der Waals surface area contributed by atoms with Crippen LogP contribution >= 0.6 is 0 Å². The van der Waals surface area contributed by atoms with E-state index < -0.39 is 0 Å². The van der Waals surface area contributed by atoms with Crippen molar-refractivity contribution in [1.82, 2.24) is 20.2 Å². The number of urea groups is 1. The molecule has 0 spiro atoms. The van der Waals surface area contributed by atoms with E-state index in [0.717, 1.165) is 11.4 Å². The van der Waals surface area contributed by atoms with Crippen molar-refractivity contribution in [3.8, 4) is 0 Å². The summed E-state index contributed by atoms with van der Waals surface area (Å²) in [6.07, 6.45) is 3.59. The normalized spacial score (nSPS) is 10.3. The van der Waals surface area contributed by atoms with Gasteiger partial charge in [0.05, 0.1) is 0 Å². The number of carbonyl (C=O) groups is 1. The molecule has 0 fully saturated rings. The number of imidazole rings is 1. The molecule has 5 nitrogen and oxygen atoms in total. The predicted molar refractivity (Wildman–Crippen MR) is 73.6 cm³/mol. The molecule has 0 aliphatic rings. The van der Waals surface area contributed by atoms with Crippen LogP contribution in [0, 0.1) is 12.7 Å². The third kappa shape index (κ3) is 4.08. The molecule has 0 atom stereocenters. The number of halogens is 1. The molecule has 6 heteroatoms. The molecule has 0 radical (unpaired) electrons. The molecule has 2 amide bonds. The third-order valence-electron chi connectivity index (χ3n) is 2.93. The van der Waals surface area contributed by atoms with E-state index in [-0.39, 0.29) is 11.8 Å². The zero-order valence-corrected chi connectivity index (χ0v) is 11.3. The number of hydrogen-bond donors (Lipinski definition) is 2. The average molecular weight is 276 g/mol. The first-order valence-electron chi connectivity index (χ1n) is 6.39. The third-order valence-corrected chi connectivity index (χ3v) is 2.93. The van der Waals surface area contributed by atoms with Gasteiger partial charge < -0.3 is 15.2 Å². The highest BCUT2D eigenvalue weighted by atomic mass is 19.1. The van der Waals surface area contributed by atoms with Gasteiger partial charge in [-0.25, -0.2) is 14.2 Å². The van der Waals surface area contributed by atoms with Gasteiger partial charge in [-0.3, -0.25) is 0 Å². The second-order valence-corrected chi connectivity index (χ2v) is 4.40. The Morgan fingerprint density at radius 1 is 1.30 bits per heavy atom. The number of carbonyl (C=O) groups excluding carboxylic acids is 1. The summed E-state index contributed by atoms with van der Waals surface area (Å²) in [6.45, 7) is 3.48. The summed E-state index contributed by atoms with van der Waals surface area (Å²) in [4.78, 5) is 15.7. The Morgan fingerprint density at radius 3 is 2.70 bits per heavy atom. The zero-order valence-electron chi connectivity index (χ0n) is 11.3. The molecule has 0 aliphatic carbocycles. The first kappa shape index (κ1) is 14.0. The molecule has 0 saturated carbocycles. The van der Waals surface area contributed by atoms with Crippen molar-refractivity contribution in [2.24, 2.45) is 0 Å². The Hall–Kier alpha value is -2.37. The molecule has 2 rings (SSSR count). The average Bonchev–Trinajstić information content (AvgIpc) is 2.84. The second kappa shape index (κ2) is 6.70. The number of aryl methyl sites for hydroxylation is 1. The van der Waals surface area contributed by atoms with E-state index in [0.29, 0.717) is 19.6 Å². The molecular weight excluding hydrogens is 259 g/mol. The van der Waals surface area contributed by atoms with Crippen LogP contribution in [-0.2, 0) is 13.1 Å². The maximum absolute atomic E-state index is 12.7. The first-order chi connectivity index (χ1) is 9.65. The van der Waals surface area contributed by atoms with Gasteiger partial charge in [0.2, 0.25) is 0 Å². The monoisotopic (exact) mass is 276 g/mol. The van der Waals surface area contributed by atoms with Crippen molar-refractivity contribution in [3.05, 3.63) is 53.9 Å². The van der Waals surface area contributed by atoms with Crippen LogP contribution in [-0.4, -0.2) is 22.1 Å². The van der Waals surface area contributed by atoms with E-state index in [1.54, 1.807) is 18.3 Å². The fourth-order valence-electron chi connectivity index (χ4n) is 1.78. The fraction of sp³-hybridized carbons (Fsp3) is 0.286. The van der Waals surface area contributed by atoms with Gasteiger partial charge in [-0.15, -0.1) is 0 Å². The number of aromatic nitrogens is 2. The molecule has 2 N–H and O–H groups in total. The van der Waals surface area contributed by atoms with E-state index in [1.807, 2.05) is 17.7 Å². The Labute approximate surface area is 116 Å². The van der Waals surface area contributed by atoms with Crippen LogP contribution in [0.25, 0.3) is 0 Å². The minimum atomic E-state index is -0.283. The number of hydrogen-bond acceptors (Lipinski definition) is 2. The number of nitrogens with one attached hydrogen (secondary N) is 2. The van der Waals surface area contributed by atoms with Crippen LogP contribution in [0.4, 0.5) is 9.18 Å². The van der Waals surface area contributed by atoms with Crippen molar-refractivity contribution < 1.29 is 9.18 Å². The van der Waals surface area contributed by atoms with Crippen molar-refractivity contribution in [3.63, 3.8) is 0 Å². The van der Waals surface area contributed by atoms with Gasteiger partial charge in [0, 0.05) is 32.0 Å². The Balaban J connectivity index is 1.68. The molecular formula is C14H17FN4O. The lowest BCUT2D eigenvalue weighted by atomic mass is 10.2. The number of nitrogens with zero attached hydrogens (tertiary/aromatic N) is 2. The lowest BCUT2D eigenvalue weighted by Crippen LogP contribution is -2.36. The summed E-state index contributed by atoms with van der Waals surface area (Å²) in [5, 5.41) is 5.47. The lowest BCUT2D eigenvalue weighted by Gasteiger charge is -2.09. The molecule has 1 aromatic carbocycles. The molecule has 0 unspecified atom stereocenters. The predicted octanol–water partition coefficient (Wildman–Crippen LogP) is 1.83. The Kier molecular flexibility index (Phi) is 4.70. The highest BCUT2D eigenvalue weighted by Crippen LogP contribution is 2.01. The molecule has 0 aliphatic heterocycles. The van der Waals surface area contributed by atoms with Gasteiger partial charge in [0.1, 0.15) is 11.6 Å². The summed E-state index contributed by atoms with van der Waals surface area (Å²) < 4.78 is 14.7. The first-order valence-corrected chi connectivity index (χ1v) is 6.39. The largest absolute Gasteiger partial charge is 0.336 e. The minimum Gasteiger partial charge on any atom is -0.336 e. The standard InChI is InChI=1S/C14H17FN4O/c1-11-16-6-8-19(11)9-7-17-14(20)18-10-12-2-4-13(15)5-3-12/h2-6,8H,7,9-10H2,1H3,(H2,17,18,20). The van der Waals surface area contributed by atoms with E-state index in [9.17, 15) is 9.18 Å². The van der Waals surface area contributed by atoms with Crippen LogP contribution in [0.3, 0.4) is 0 Å². The topological polar surface area (TPSA) is 59.0 Å². The molecule has 0 bridgehead atoms. The summed E-state index contributed by atoms with van der Waals surface area (Å²) in [5.41, 5.74) is 0.854. The quantitative estimate of drug-likeness (QED) is 0.875. The van der Waals surface area contributed by atoms with Gasteiger partial charge in [0.25, 0.3) is 0 Å². The zero-order chi connectivity index (χ0) is 14.4.